The highest BCUT2D eigenvalue weighted by molar-refractivity contribution is 9.10. The monoisotopic (exact) mass is 328 g/mol. The molecule has 1 aromatic carbocycles. The molecule has 1 fully saturated rings. The number of hydrogen-bond donors (Lipinski definition) is 1. The van der Waals surface area contributed by atoms with Crippen LogP contribution in [0.15, 0.2) is 22.7 Å². The second-order valence-corrected chi connectivity index (χ2v) is 5.82. The molecular weight excluding hydrogens is 311 g/mol. The molecule has 5 heteroatoms. The van der Waals surface area contributed by atoms with Crippen LogP contribution in [0.4, 0.5) is 4.39 Å². The van der Waals surface area contributed by atoms with Gasteiger partial charge in [-0.3, -0.25) is 4.79 Å². The minimum absolute atomic E-state index is 0.140. The molecule has 0 saturated carbocycles. The number of likely N-dealkylation sites (N-methyl/N-ethyl adjacent to an activating group) is 1. The first kappa shape index (κ1) is 14.5. The summed E-state index contributed by atoms with van der Waals surface area (Å²) in [6.45, 7) is 1.68. The summed E-state index contributed by atoms with van der Waals surface area (Å²) < 4.78 is 13.8. The van der Waals surface area contributed by atoms with Gasteiger partial charge in [0.2, 0.25) is 0 Å². The third-order valence-electron chi connectivity index (χ3n) is 3.42. The number of nitrogens with one attached hydrogen (secondary N) is 1. The number of benzene rings is 1. The quantitative estimate of drug-likeness (QED) is 0.925. The first-order valence-electron chi connectivity index (χ1n) is 6.52. The van der Waals surface area contributed by atoms with E-state index in [9.17, 15) is 9.18 Å². The molecule has 1 atom stereocenters. The Bertz CT molecular complexity index is 461. The highest BCUT2D eigenvalue weighted by Crippen LogP contribution is 2.17. The van der Waals surface area contributed by atoms with Crippen molar-refractivity contribution in [2.45, 2.75) is 25.3 Å². The Balaban J connectivity index is 1.99. The van der Waals surface area contributed by atoms with Crippen molar-refractivity contribution in [3.05, 3.63) is 34.1 Å². The molecule has 1 saturated heterocycles. The lowest BCUT2D eigenvalue weighted by Crippen LogP contribution is -2.44. The molecule has 19 heavy (non-hydrogen) atoms. The van der Waals surface area contributed by atoms with E-state index in [1.54, 1.807) is 24.1 Å². The molecule has 1 N–H and O–H groups in total. The lowest BCUT2D eigenvalue weighted by molar-refractivity contribution is 0.0775. The largest absolute Gasteiger partial charge is 0.340 e. The summed E-state index contributed by atoms with van der Waals surface area (Å²) in [5.74, 6) is -0.547. The minimum Gasteiger partial charge on any atom is -0.340 e. The van der Waals surface area contributed by atoms with Gasteiger partial charge in [-0.1, -0.05) is 6.42 Å². The smallest absolute Gasteiger partial charge is 0.253 e. The first-order valence-corrected chi connectivity index (χ1v) is 7.31. The van der Waals surface area contributed by atoms with E-state index in [4.69, 9.17) is 0 Å². The van der Waals surface area contributed by atoms with Crippen molar-refractivity contribution in [3.63, 3.8) is 0 Å². The third kappa shape index (κ3) is 3.76. The number of halogens is 2. The predicted molar refractivity (Wildman–Crippen MR) is 76.7 cm³/mol. The molecule has 0 aliphatic carbocycles. The van der Waals surface area contributed by atoms with Gasteiger partial charge in [-0.05, 0) is 53.5 Å². The third-order valence-corrected chi connectivity index (χ3v) is 4.06. The fraction of sp³-hybridized carbons (Fsp3) is 0.500. The van der Waals surface area contributed by atoms with Crippen LogP contribution in [0.25, 0.3) is 0 Å². The Morgan fingerprint density at radius 3 is 2.95 bits per heavy atom. The molecule has 104 valence electrons. The Hall–Kier alpha value is -0.940. The molecule has 1 aromatic rings. The van der Waals surface area contributed by atoms with Gasteiger partial charge in [-0.15, -0.1) is 0 Å². The van der Waals surface area contributed by atoms with Crippen LogP contribution in [0.1, 0.15) is 29.6 Å². The first-order chi connectivity index (χ1) is 9.08. The lowest BCUT2D eigenvalue weighted by atomic mass is 10.0. The van der Waals surface area contributed by atoms with Gasteiger partial charge in [-0.2, -0.15) is 0 Å². The molecule has 2 rings (SSSR count). The van der Waals surface area contributed by atoms with Crippen molar-refractivity contribution >= 4 is 21.8 Å². The summed E-state index contributed by atoms with van der Waals surface area (Å²) in [6, 6.07) is 4.83. The van der Waals surface area contributed by atoms with Gasteiger partial charge in [0.1, 0.15) is 5.82 Å². The molecule has 3 nitrogen and oxygen atoms in total. The van der Waals surface area contributed by atoms with Crippen LogP contribution in [-0.4, -0.2) is 37.0 Å². The highest BCUT2D eigenvalue weighted by Gasteiger charge is 2.19. The van der Waals surface area contributed by atoms with Gasteiger partial charge in [0.15, 0.2) is 0 Å². The van der Waals surface area contributed by atoms with Crippen LogP contribution in [0, 0.1) is 5.82 Å². The standard InChI is InChI=1S/C14H18BrFN2O/c1-18(9-11-4-2-3-7-17-11)14(19)10-5-6-12(15)13(16)8-10/h5-6,8,11,17H,2-4,7,9H2,1H3. The van der Waals surface area contributed by atoms with Gasteiger partial charge in [0, 0.05) is 25.2 Å². The SMILES string of the molecule is CN(CC1CCCCN1)C(=O)c1ccc(Br)c(F)c1. The predicted octanol–water partition coefficient (Wildman–Crippen LogP) is 2.80. The van der Waals surface area contributed by atoms with Crippen LogP contribution in [0.3, 0.4) is 0 Å². The van der Waals surface area contributed by atoms with Crippen molar-refractivity contribution in [2.24, 2.45) is 0 Å². The van der Waals surface area contributed by atoms with E-state index < -0.39 is 5.82 Å². The van der Waals surface area contributed by atoms with E-state index >= 15 is 0 Å². The van der Waals surface area contributed by atoms with Crippen molar-refractivity contribution in [1.82, 2.24) is 10.2 Å². The summed E-state index contributed by atoms with van der Waals surface area (Å²) in [5, 5.41) is 3.40. The molecule has 1 aliphatic heterocycles. The Morgan fingerprint density at radius 2 is 2.32 bits per heavy atom. The van der Waals surface area contributed by atoms with Crippen LogP contribution in [-0.2, 0) is 0 Å². The number of rotatable bonds is 3. The van der Waals surface area contributed by atoms with E-state index in [0.29, 0.717) is 22.6 Å². The van der Waals surface area contributed by atoms with Crippen LogP contribution in [0.5, 0.6) is 0 Å². The van der Waals surface area contributed by atoms with Gasteiger partial charge in [0.05, 0.1) is 4.47 Å². The summed E-state index contributed by atoms with van der Waals surface area (Å²) in [4.78, 5) is 13.9. The van der Waals surface area contributed by atoms with E-state index in [2.05, 4.69) is 21.2 Å². The molecule has 1 unspecified atom stereocenters. The zero-order chi connectivity index (χ0) is 13.8. The molecule has 1 heterocycles. The topological polar surface area (TPSA) is 32.3 Å². The van der Waals surface area contributed by atoms with E-state index in [-0.39, 0.29) is 5.91 Å². The summed E-state index contributed by atoms with van der Waals surface area (Å²) in [5.41, 5.74) is 0.388. The molecule has 0 aromatic heterocycles. The van der Waals surface area contributed by atoms with Gasteiger partial charge in [0.25, 0.3) is 5.91 Å². The number of amides is 1. The maximum absolute atomic E-state index is 13.4. The van der Waals surface area contributed by atoms with Gasteiger partial charge >= 0.3 is 0 Å². The van der Waals surface area contributed by atoms with Crippen LogP contribution >= 0.6 is 15.9 Å². The van der Waals surface area contributed by atoms with Crippen molar-refractivity contribution in [3.8, 4) is 0 Å². The van der Waals surface area contributed by atoms with Crippen LogP contribution < -0.4 is 5.32 Å². The molecule has 1 amide bonds. The summed E-state index contributed by atoms with van der Waals surface area (Å²) >= 11 is 3.09. The summed E-state index contributed by atoms with van der Waals surface area (Å²) in [6.07, 6.45) is 3.49. The second-order valence-electron chi connectivity index (χ2n) is 4.96. The Labute approximate surface area is 121 Å². The number of carbonyl (C=O) groups is 1. The second kappa shape index (κ2) is 6.48. The zero-order valence-electron chi connectivity index (χ0n) is 11.0. The normalized spacial score (nSPS) is 19.2. The van der Waals surface area contributed by atoms with Gasteiger partial charge < -0.3 is 10.2 Å². The fourth-order valence-corrected chi connectivity index (χ4v) is 2.59. The lowest BCUT2D eigenvalue weighted by Gasteiger charge is -2.28. The molecular formula is C14H18BrFN2O. The highest BCUT2D eigenvalue weighted by atomic mass is 79.9. The van der Waals surface area contributed by atoms with Gasteiger partial charge in [-0.25, -0.2) is 4.39 Å². The molecule has 0 bridgehead atoms. The molecule has 1 aliphatic rings. The Morgan fingerprint density at radius 1 is 1.53 bits per heavy atom. The number of piperidine rings is 1. The maximum atomic E-state index is 13.4. The van der Waals surface area contributed by atoms with E-state index in [0.717, 1.165) is 13.0 Å². The van der Waals surface area contributed by atoms with Crippen molar-refractivity contribution in [1.29, 1.82) is 0 Å². The molecule has 0 radical (unpaired) electrons. The molecule has 0 spiro atoms. The van der Waals surface area contributed by atoms with Crippen molar-refractivity contribution in [2.75, 3.05) is 20.1 Å². The van der Waals surface area contributed by atoms with E-state index in [1.807, 2.05) is 0 Å². The van der Waals surface area contributed by atoms with E-state index in [1.165, 1.54) is 18.9 Å². The Kier molecular flexibility index (Phi) is 4.93. The maximum Gasteiger partial charge on any atom is 0.253 e. The number of hydrogen-bond acceptors (Lipinski definition) is 2. The fourth-order valence-electron chi connectivity index (χ4n) is 2.34. The average molecular weight is 329 g/mol. The van der Waals surface area contributed by atoms with Crippen molar-refractivity contribution < 1.29 is 9.18 Å². The van der Waals surface area contributed by atoms with Crippen LogP contribution in [0.2, 0.25) is 0 Å². The number of carbonyl (C=O) groups excluding carboxylic acids is 1. The zero-order valence-corrected chi connectivity index (χ0v) is 12.5. The number of nitrogens with zero attached hydrogens (tertiary/aromatic N) is 1. The average Bonchev–Trinajstić information content (AvgIpc) is 2.42. The summed E-state index contributed by atoms with van der Waals surface area (Å²) in [7, 11) is 1.76. The minimum atomic E-state index is -0.407.